The lowest BCUT2D eigenvalue weighted by Gasteiger charge is -2.13. The van der Waals surface area contributed by atoms with Crippen LogP contribution in [0.5, 0.6) is 11.5 Å². The molecule has 0 spiro atoms. The van der Waals surface area contributed by atoms with E-state index < -0.39 is 11.8 Å². The average molecular weight is 463 g/mol. The summed E-state index contributed by atoms with van der Waals surface area (Å²) in [5, 5.41) is 0. The molecule has 0 aliphatic carbocycles. The van der Waals surface area contributed by atoms with E-state index in [1.165, 1.54) is 0 Å². The molecule has 2 aromatic carbocycles. The van der Waals surface area contributed by atoms with E-state index in [-0.39, 0.29) is 6.61 Å². The van der Waals surface area contributed by atoms with Crippen molar-refractivity contribution in [2.24, 2.45) is 0 Å². The number of rotatable bonds is 10. The van der Waals surface area contributed by atoms with Crippen LogP contribution < -0.4 is 20.3 Å². The molecule has 0 saturated heterocycles. The molecule has 29 heavy (non-hydrogen) atoms. The predicted molar refractivity (Wildman–Crippen MR) is 116 cm³/mol. The van der Waals surface area contributed by atoms with Crippen LogP contribution in [0.15, 0.2) is 46.9 Å². The highest BCUT2D eigenvalue weighted by molar-refractivity contribution is 9.10. The number of carbonyl (C=O) groups excluding carboxylic acids is 2. The average Bonchev–Trinajstić information content (AvgIpc) is 2.72. The highest BCUT2D eigenvalue weighted by Gasteiger charge is 2.14. The minimum atomic E-state index is -0.460. The largest absolute Gasteiger partial charge is 0.493 e. The molecule has 0 radical (unpaired) electrons. The summed E-state index contributed by atoms with van der Waals surface area (Å²) in [6, 6.07) is 12.6. The Morgan fingerprint density at radius 2 is 1.76 bits per heavy atom. The third-order valence-electron chi connectivity index (χ3n) is 4.21. The second-order valence-corrected chi connectivity index (χ2v) is 7.52. The quantitative estimate of drug-likeness (QED) is 0.400. The Bertz CT molecular complexity index is 826. The van der Waals surface area contributed by atoms with E-state index in [2.05, 4.69) is 33.7 Å². The number of halogens is 1. The molecular weight excluding hydrogens is 436 g/mol. The highest BCUT2D eigenvalue weighted by Crippen LogP contribution is 2.23. The summed E-state index contributed by atoms with van der Waals surface area (Å²) < 4.78 is 12.0. The zero-order valence-corrected chi connectivity index (χ0v) is 18.4. The molecule has 0 aromatic heterocycles. The third-order valence-corrected chi connectivity index (χ3v) is 4.70. The van der Waals surface area contributed by atoms with Gasteiger partial charge in [-0.15, -0.1) is 0 Å². The van der Waals surface area contributed by atoms with E-state index in [0.717, 1.165) is 35.7 Å². The van der Waals surface area contributed by atoms with Gasteiger partial charge < -0.3 is 9.47 Å². The summed E-state index contributed by atoms with van der Waals surface area (Å²) in [5.41, 5.74) is 6.05. The van der Waals surface area contributed by atoms with Crippen LogP contribution >= 0.6 is 15.9 Å². The molecule has 2 N–H and O–H groups in total. The summed E-state index contributed by atoms with van der Waals surface area (Å²) >= 11 is 3.36. The first-order chi connectivity index (χ1) is 14.0. The van der Waals surface area contributed by atoms with Crippen molar-refractivity contribution in [1.82, 2.24) is 10.9 Å². The fraction of sp³-hybridized carbons (Fsp3) is 0.364. The number of aryl methyl sites for hydroxylation is 1. The van der Waals surface area contributed by atoms with Crippen molar-refractivity contribution in [3.05, 3.63) is 58.1 Å². The molecule has 0 saturated carbocycles. The van der Waals surface area contributed by atoms with Crippen molar-refractivity contribution in [3.8, 4) is 11.5 Å². The van der Waals surface area contributed by atoms with Crippen LogP contribution in [0, 0.1) is 6.92 Å². The molecular formula is C22H27BrN2O4. The standard InChI is InChI=1S/C22H27BrN2O4/c1-3-4-5-8-13-28-20-12-11-17(23)14-18(20)22(27)25-24-21(26)15-29-19-10-7-6-9-16(19)2/h6-7,9-12,14H,3-5,8,13,15H2,1-2H3,(H,24,26)(H,25,27). The van der Waals surface area contributed by atoms with Gasteiger partial charge in [0.15, 0.2) is 6.61 Å². The SMILES string of the molecule is CCCCCCOc1ccc(Br)cc1C(=O)NNC(=O)COc1ccccc1C. The number of benzene rings is 2. The Kier molecular flexibility index (Phi) is 9.50. The van der Waals surface area contributed by atoms with Gasteiger partial charge in [0.1, 0.15) is 11.5 Å². The maximum absolute atomic E-state index is 12.5. The molecule has 0 bridgehead atoms. The first-order valence-corrected chi connectivity index (χ1v) is 10.5. The van der Waals surface area contributed by atoms with E-state index in [0.29, 0.717) is 23.7 Å². The summed E-state index contributed by atoms with van der Waals surface area (Å²) in [4.78, 5) is 24.5. The molecule has 156 valence electrons. The Balaban J connectivity index is 1.86. The second kappa shape index (κ2) is 12.1. The minimum absolute atomic E-state index is 0.204. The Morgan fingerprint density at radius 1 is 0.966 bits per heavy atom. The predicted octanol–water partition coefficient (Wildman–Crippen LogP) is 4.56. The monoisotopic (exact) mass is 462 g/mol. The molecule has 2 aromatic rings. The van der Waals surface area contributed by atoms with Gasteiger partial charge in [-0.3, -0.25) is 20.4 Å². The number of nitrogens with one attached hydrogen (secondary N) is 2. The molecule has 0 atom stereocenters. The number of hydrazine groups is 1. The van der Waals surface area contributed by atoms with Gasteiger partial charge in [0, 0.05) is 4.47 Å². The van der Waals surface area contributed by atoms with Crippen molar-refractivity contribution in [2.45, 2.75) is 39.5 Å². The number of carbonyl (C=O) groups is 2. The zero-order valence-electron chi connectivity index (χ0n) is 16.8. The minimum Gasteiger partial charge on any atom is -0.493 e. The van der Waals surface area contributed by atoms with Crippen LogP contribution in [0.1, 0.15) is 48.5 Å². The van der Waals surface area contributed by atoms with Gasteiger partial charge in [0.25, 0.3) is 11.8 Å². The Labute approximate surface area is 180 Å². The molecule has 7 heteroatoms. The van der Waals surface area contributed by atoms with E-state index in [1.54, 1.807) is 18.2 Å². The van der Waals surface area contributed by atoms with Gasteiger partial charge in [-0.1, -0.05) is 60.3 Å². The van der Waals surface area contributed by atoms with Gasteiger partial charge in [-0.25, -0.2) is 0 Å². The lowest BCUT2D eigenvalue weighted by Crippen LogP contribution is -2.44. The fourth-order valence-corrected chi connectivity index (χ4v) is 2.97. The lowest BCUT2D eigenvalue weighted by atomic mass is 10.2. The first kappa shape index (κ1) is 22.7. The van der Waals surface area contributed by atoms with Gasteiger partial charge in [-0.05, 0) is 43.2 Å². The van der Waals surface area contributed by atoms with Gasteiger partial charge in [0.05, 0.1) is 12.2 Å². The molecule has 2 amide bonds. The van der Waals surface area contributed by atoms with Gasteiger partial charge in [0.2, 0.25) is 0 Å². The van der Waals surface area contributed by atoms with Crippen molar-refractivity contribution >= 4 is 27.7 Å². The van der Waals surface area contributed by atoms with Crippen molar-refractivity contribution < 1.29 is 19.1 Å². The number of hydrogen-bond donors (Lipinski definition) is 2. The summed E-state index contributed by atoms with van der Waals surface area (Å²) in [6.07, 6.45) is 4.33. The molecule has 0 heterocycles. The van der Waals surface area contributed by atoms with Crippen molar-refractivity contribution in [2.75, 3.05) is 13.2 Å². The maximum atomic E-state index is 12.5. The molecule has 6 nitrogen and oxygen atoms in total. The highest BCUT2D eigenvalue weighted by atomic mass is 79.9. The van der Waals surface area contributed by atoms with E-state index >= 15 is 0 Å². The fourth-order valence-electron chi connectivity index (χ4n) is 2.61. The van der Waals surface area contributed by atoms with Crippen LogP contribution in [0.2, 0.25) is 0 Å². The number of unbranched alkanes of at least 4 members (excludes halogenated alkanes) is 3. The van der Waals surface area contributed by atoms with E-state index in [9.17, 15) is 9.59 Å². The second-order valence-electron chi connectivity index (χ2n) is 6.61. The van der Waals surface area contributed by atoms with Gasteiger partial charge >= 0.3 is 0 Å². The van der Waals surface area contributed by atoms with E-state index in [4.69, 9.17) is 9.47 Å². The lowest BCUT2D eigenvalue weighted by molar-refractivity contribution is -0.123. The third kappa shape index (κ3) is 7.77. The smallest absolute Gasteiger partial charge is 0.276 e. The summed E-state index contributed by atoms with van der Waals surface area (Å²) in [5.74, 6) is 0.185. The van der Waals surface area contributed by atoms with Crippen LogP contribution in [0.4, 0.5) is 0 Å². The van der Waals surface area contributed by atoms with Crippen LogP contribution in [0.3, 0.4) is 0 Å². The van der Waals surface area contributed by atoms with Crippen molar-refractivity contribution in [1.29, 1.82) is 0 Å². The molecule has 2 rings (SSSR count). The maximum Gasteiger partial charge on any atom is 0.276 e. The molecule has 0 fully saturated rings. The Hall–Kier alpha value is -2.54. The molecule has 0 unspecified atom stereocenters. The van der Waals surface area contributed by atoms with Crippen molar-refractivity contribution in [3.63, 3.8) is 0 Å². The number of ether oxygens (including phenoxy) is 2. The van der Waals surface area contributed by atoms with Crippen LogP contribution in [-0.4, -0.2) is 25.0 Å². The van der Waals surface area contributed by atoms with Crippen LogP contribution in [-0.2, 0) is 4.79 Å². The number of para-hydroxylation sites is 1. The molecule has 0 aliphatic heterocycles. The number of hydrogen-bond acceptors (Lipinski definition) is 4. The van der Waals surface area contributed by atoms with Crippen LogP contribution in [0.25, 0.3) is 0 Å². The first-order valence-electron chi connectivity index (χ1n) is 9.71. The Morgan fingerprint density at radius 3 is 2.52 bits per heavy atom. The van der Waals surface area contributed by atoms with E-state index in [1.807, 2.05) is 31.2 Å². The normalized spacial score (nSPS) is 10.3. The zero-order chi connectivity index (χ0) is 21.1. The summed E-state index contributed by atoms with van der Waals surface area (Å²) in [7, 11) is 0. The van der Waals surface area contributed by atoms with Gasteiger partial charge in [-0.2, -0.15) is 0 Å². The number of amides is 2. The summed E-state index contributed by atoms with van der Waals surface area (Å²) in [6.45, 7) is 4.38. The molecule has 0 aliphatic rings. The topological polar surface area (TPSA) is 76.7 Å².